The molecule has 2 atom stereocenters. The highest BCUT2D eigenvalue weighted by molar-refractivity contribution is 6.91. The van der Waals surface area contributed by atoms with Crippen LogP contribution in [0.3, 0.4) is 0 Å². The van der Waals surface area contributed by atoms with Gasteiger partial charge in [0.25, 0.3) is 0 Å². The van der Waals surface area contributed by atoms with Gasteiger partial charge in [-0.2, -0.15) is 0 Å². The summed E-state index contributed by atoms with van der Waals surface area (Å²) in [6.45, 7) is 51.7. The molecule has 0 bridgehead atoms. The molecule has 2 unspecified atom stereocenters. The average Bonchev–Trinajstić information content (AvgIpc) is 3.00. The topological polar surface area (TPSA) is 145 Å². The van der Waals surface area contributed by atoms with Crippen molar-refractivity contribution in [3.63, 3.8) is 0 Å². The number of rotatable bonds is 32. The molecule has 14 nitrogen and oxygen atoms in total. The standard InChI is InChI=1S/2C20H46O7Si4/c1-18(2)20(21)24-17-19(22-3)16-23-14-13-15-31(25-28(4,5)6,26-29(7,8)9)27-30(10,11)12;1-18(2)20(21)24-19(16-22-3)17-23-14-13-15-31(25-28(4,5)6,26-29(7,8)9)27-30(10,11)12/h2*19H,1,13-17H2,2-12H3. The van der Waals surface area contributed by atoms with Gasteiger partial charge in [0.2, 0.25) is 0 Å². The summed E-state index contributed by atoms with van der Waals surface area (Å²) in [5.74, 6) is -0.860. The molecule has 62 heavy (non-hydrogen) atoms. The molecule has 0 amide bonds. The predicted molar refractivity (Wildman–Crippen MR) is 272 cm³/mol. The fourth-order valence-corrected chi connectivity index (χ4v) is 34.7. The Labute approximate surface area is 387 Å². The van der Waals surface area contributed by atoms with Crippen molar-refractivity contribution in [3.8, 4) is 0 Å². The van der Waals surface area contributed by atoms with E-state index in [4.69, 9.17) is 53.1 Å². The second kappa shape index (κ2) is 28.2. The van der Waals surface area contributed by atoms with Crippen molar-refractivity contribution in [2.24, 2.45) is 0 Å². The Morgan fingerprint density at radius 2 is 0.758 bits per heavy atom. The molecule has 0 fully saturated rings. The predicted octanol–water partition coefficient (Wildman–Crippen LogP) is 10.0. The first-order chi connectivity index (χ1) is 27.8. The Bertz CT molecular complexity index is 1250. The molecule has 0 aliphatic rings. The van der Waals surface area contributed by atoms with E-state index in [0.717, 1.165) is 18.9 Å². The molecule has 368 valence electrons. The fourth-order valence-electron chi connectivity index (χ4n) is 5.47. The number of carbonyl (C=O) groups is 2. The normalized spacial score (nSPS) is 14.4. The summed E-state index contributed by atoms with van der Waals surface area (Å²) in [5.41, 5.74) is 0.719. The first-order valence-corrected chi connectivity index (χ1v) is 46.1. The van der Waals surface area contributed by atoms with Gasteiger partial charge in [0.05, 0.1) is 19.8 Å². The third-order valence-corrected chi connectivity index (χ3v) is 31.1. The van der Waals surface area contributed by atoms with Crippen LogP contribution in [-0.2, 0) is 62.7 Å². The van der Waals surface area contributed by atoms with Crippen LogP contribution in [0.1, 0.15) is 26.7 Å². The lowest BCUT2D eigenvalue weighted by atomic mass is 10.3. The van der Waals surface area contributed by atoms with Gasteiger partial charge in [0, 0.05) is 50.7 Å². The lowest BCUT2D eigenvalue weighted by Gasteiger charge is -2.43. The summed E-state index contributed by atoms with van der Waals surface area (Å²) >= 11 is 0. The number of carbonyl (C=O) groups excluding carboxylic acids is 2. The minimum atomic E-state index is -2.85. The summed E-state index contributed by atoms with van der Waals surface area (Å²) in [5, 5.41) is 0. The Balaban J connectivity index is 0. The largest absolute Gasteiger partial charge is 0.469 e. The molecule has 0 aliphatic heterocycles. The highest BCUT2D eigenvalue weighted by atomic mass is 28.5. The molecule has 0 saturated heterocycles. The van der Waals surface area contributed by atoms with Gasteiger partial charge in [-0.25, -0.2) is 9.59 Å². The summed E-state index contributed by atoms with van der Waals surface area (Å²) < 4.78 is 72.6. The molecule has 0 aromatic heterocycles. The van der Waals surface area contributed by atoms with E-state index in [1.54, 1.807) is 28.1 Å². The first kappa shape index (κ1) is 63.8. The third kappa shape index (κ3) is 35.9. The van der Waals surface area contributed by atoms with Gasteiger partial charge < -0.3 is 53.1 Å². The minimum Gasteiger partial charge on any atom is -0.459 e. The van der Waals surface area contributed by atoms with Crippen LogP contribution >= 0.6 is 0 Å². The molecule has 0 saturated carbocycles. The van der Waals surface area contributed by atoms with E-state index >= 15 is 0 Å². The smallest absolute Gasteiger partial charge is 0.459 e. The highest BCUT2D eigenvalue weighted by Crippen LogP contribution is 2.31. The van der Waals surface area contributed by atoms with Crippen molar-refractivity contribution in [2.75, 3.05) is 53.9 Å². The van der Waals surface area contributed by atoms with Gasteiger partial charge in [-0.05, 0) is 145 Å². The van der Waals surface area contributed by atoms with Crippen LogP contribution in [0.4, 0.5) is 0 Å². The molecule has 0 heterocycles. The Kier molecular flexibility index (Phi) is 29.0. The number of esters is 2. The van der Waals surface area contributed by atoms with Crippen LogP contribution in [-0.4, -0.2) is 146 Å². The van der Waals surface area contributed by atoms with E-state index in [0.29, 0.717) is 37.0 Å². The van der Waals surface area contributed by atoms with Gasteiger partial charge in [-0.1, -0.05) is 13.2 Å². The van der Waals surface area contributed by atoms with Crippen LogP contribution < -0.4 is 0 Å². The molecule has 0 radical (unpaired) electrons. The summed E-state index contributed by atoms with van der Waals surface area (Å²) in [6, 6.07) is 1.44. The van der Waals surface area contributed by atoms with E-state index in [2.05, 4.69) is 131 Å². The van der Waals surface area contributed by atoms with E-state index in [9.17, 15) is 9.59 Å². The zero-order chi connectivity index (χ0) is 49.0. The van der Waals surface area contributed by atoms with Crippen LogP contribution in [0.15, 0.2) is 24.3 Å². The second-order valence-corrected chi connectivity index (χ2v) is 55.5. The highest BCUT2D eigenvalue weighted by Gasteiger charge is 2.51. The van der Waals surface area contributed by atoms with E-state index in [1.807, 2.05) is 0 Å². The van der Waals surface area contributed by atoms with Crippen molar-refractivity contribution in [2.45, 2.75) is 169 Å². The molecule has 0 aromatic rings. The van der Waals surface area contributed by atoms with Crippen LogP contribution in [0, 0.1) is 0 Å². The van der Waals surface area contributed by atoms with Crippen molar-refractivity contribution in [3.05, 3.63) is 24.3 Å². The number of ether oxygens (including phenoxy) is 6. The zero-order valence-corrected chi connectivity index (χ0v) is 51.4. The van der Waals surface area contributed by atoms with Crippen molar-refractivity contribution < 1.29 is 62.7 Å². The minimum absolute atomic E-state index is 0.136. The lowest BCUT2D eigenvalue weighted by Crippen LogP contribution is -2.60. The number of hydrogen-bond acceptors (Lipinski definition) is 14. The average molecular weight is 1020 g/mol. The SMILES string of the molecule is C=C(C)C(=O)OC(COC)COCCC[Si](O[Si](C)(C)C)(O[Si](C)(C)C)O[Si](C)(C)C.C=C(C)C(=O)OCC(COCCC[Si](O[Si](C)(C)C)(O[Si](C)(C)C)O[Si](C)(C)C)OC. The number of methoxy groups -OCH3 is 2. The van der Waals surface area contributed by atoms with Crippen molar-refractivity contribution >= 4 is 79.5 Å². The maximum absolute atomic E-state index is 11.8. The van der Waals surface area contributed by atoms with Gasteiger partial charge in [0.15, 0.2) is 49.9 Å². The zero-order valence-electron chi connectivity index (χ0n) is 43.4. The van der Waals surface area contributed by atoms with Crippen molar-refractivity contribution in [1.29, 1.82) is 0 Å². The maximum atomic E-state index is 11.8. The molecule has 0 spiro atoms. The van der Waals surface area contributed by atoms with Crippen LogP contribution in [0.2, 0.25) is 130 Å². The summed E-state index contributed by atoms with van der Waals surface area (Å²) in [4.78, 5) is 23.3. The summed E-state index contributed by atoms with van der Waals surface area (Å²) in [6.07, 6.45) is 0.735. The monoisotopic (exact) mass is 1020 g/mol. The molecular formula is C40H92O14Si8. The number of hydrogen-bond donors (Lipinski definition) is 0. The quantitative estimate of drug-likeness (QED) is 0.0273. The Morgan fingerprint density at radius 3 is 1.02 bits per heavy atom. The molecule has 0 aromatic carbocycles. The van der Waals surface area contributed by atoms with Crippen molar-refractivity contribution in [1.82, 2.24) is 0 Å². The molecular weight excluding hydrogens is 929 g/mol. The Morgan fingerprint density at radius 1 is 0.452 bits per heavy atom. The van der Waals surface area contributed by atoms with Crippen LogP contribution in [0.5, 0.6) is 0 Å². The van der Waals surface area contributed by atoms with Crippen LogP contribution in [0.25, 0.3) is 0 Å². The van der Waals surface area contributed by atoms with Gasteiger partial charge in [0.1, 0.15) is 18.8 Å². The molecule has 0 N–H and O–H groups in total. The van der Waals surface area contributed by atoms with E-state index < -0.39 is 85.6 Å². The first-order valence-electron chi connectivity index (χ1n) is 21.8. The third-order valence-electron chi connectivity index (χ3n) is 6.98. The fraction of sp³-hybridized carbons (Fsp3) is 0.850. The van der Waals surface area contributed by atoms with Gasteiger partial charge >= 0.3 is 29.5 Å². The Hall–Kier alpha value is -0.245. The molecule has 0 aliphatic carbocycles. The molecule has 22 heteroatoms. The second-order valence-electron chi connectivity index (χ2n) is 21.5. The van der Waals surface area contributed by atoms with E-state index in [1.165, 1.54) is 0 Å². The van der Waals surface area contributed by atoms with Gasteiger partial charge in [-0.15, -0.1) is 0 Å². The van der Waals surface area contributed by atoms with E-state index in [-0.39, 0.29) is 25.9 Å². The summed E-state index contributed by atoms with van der Waals surface area (Å²) in [7, 11) is -13.8. The molecule has 0 rings (SSSR count). The maximum Gasteiger partial charge on any atom is 0.469 e. The lowest BCUT2D eigenvalue weighted by molar-refractivity contribution is -0.150. The van der Waals surface area contributed by atoms with Gasteiger partial charge in [-0.3, -0.25) is 0 Å².